The van der Waals surface area contributed by atoms with E-state index in [1.54, 1.807) is 29.6 Å². The molecule has 2 aromatic rings. The van der Waals surface area contributed by atoms with Gasteiger partial charge in [-0.15, -0.1) is 0 Å². The van der Waals surface area contributed by atoms with Crippen LogP contribution in [0.2, 0.25) is 0 Å². The maximum atomic E-state index is 12.8. The van der Waals surface area contributed by atoms with Crippen LogP contribution in [0.25, 0.3) is 0 Å². The Labute approximate surface area is 143 Å². The second kappa shape index (κ2) is 6.83. The monoisotopic (exact) mass is 346 g/mol. The van der Waals surface area contributed by atoms with Crippen molar-refractivity contribution in [2.75, 3.05) is 38.2 Å². The number of nitrogens with zero attached hydrogens (tertiary/aromatic N) is 2. The van der Waals surface area contributed by atoms with Gasteiger partial charge < -0.3 is 9.64 Å². The number of piperazine rings is 1. The average molecular weight is 346 g/mol. The van der Waals surface area contributed by atoms with Crippen LogP contribution in [0.3, 0.4) is 0 Å². The highest BCUT2D eigenvalue weighted by Crippen LogP contribution is 2.23. The Morgan fingerprint density at radius 3 is 2.21 bits per heavy atom. The first-order chi connectivity index (χ1) is 11.5. The molecule has 24 heavy (non-hydrogen) atoms. The summed E-state index contributed by atoms with van der Waals surface area (Å²) in [6.45, 7) is 4.24. The summed E-state index contributed by atoms with van der Waals surface area (Å²) in [7, 11) is -1.77. The molecular weight excluding hydrogens is 324 g/mol. The molecule has 5 nitrogen and oxygen atoms in total. The van der Waals surface area contributed by atoms with E-state index in [-0.39, 0.29) is 0 Å². The zero-order valence-corrected chi connectivity index (χ0v) is 14.8. The number of aryl methyl sites for hydroxylation is 1. The van der Waals surface area contributed by atoms with Crippen molar-refractivity contribution in [1.82, 2.24) is 4.31 Å². The lowest BCUT2D eigenvalue weighted by Gasteiger charge is -2.35. The number of ether oxygens (including phenoxy) is 1. The number of rotatable bonds is 4. The Kier molecular flexibility index (Phi) is 4.78. The van der Waals surface area contributed by atoms with Crippen LogP contribution in [0.15, 0.2) is 53.4 Å². The summed E-state index contributed by atoms with van der Waals surface area (Å²) in [5.41, 5.74) is 2.04. The molecule has 1 aliphatic heterocycles. The van der Waals surface area contributed by atoms with Crippen LogP contribution in [-0.4, -0.2) is 46.0 Å². The molecule has 0 aromatic heterocycles. The summed E-state index contributed by atoms with van der Waals surface area (Å²) in [4.78, 5) is 2.57. The predicted molar refractivity (Wildman–Crippen MR) is 95.1 cm³/mol. The van der Waals surface area contributed by atoms with Crippen LogP contribution in [0, 0.1) is 6.92 Å². The fourth-order valence-electron chi connectivity index (χ4n) is 2.90. The molecule has 3 rings (SSSR count). The molecule has 1 heterocycles. The van der Waals surface area contributed by atoms with Crippen LogP contribution in [0.4, 0.5) is 5.69 Å². The van der Waals surface area contributed by atoms with Crippen LogP contribution in [-0.2, 0) is 10.0 Å². The minimum Gasteiger partial charge on any atom is -0.497 e. The van der Waals surface area contributed by atoms with E-state index in [1.807, 2.05) is 37.3 Å². The molecule has 0 bridgehead atoms. The van der Waals surface area contributed by atoms with E-state index in [1.165, 1.54) is 0 Å². The van der Waals surface area contributed by atoms with Gasteiger partial charge in [0, 0.05) is 31.9 Å². The van der Waals surface area contributed by atoms with Gasteiger partial charge in [-0.1, -0.05) is 12.1 Å². The number of methoxy groups -OCH3 is 1. The number of benzene rings is 2. The van der Waals surface area contributed by atoms with Crippen LogP contribution in [0.1, 0.15) is 5.56 Å². The van der Waals surface area contributed by atoms with Gasteiger partial charge in [-0.25, -0.2) is 8.42 Å². The van der Waals surface area contributed by atoms with Gasteiger partial charge >= 0.3 is 0 Å². The van der Waals surface area contributed by atoms with Gasteiger partial charge in [-0.05, 0) is 48.9 Å². The number of hydrogen-bond acceptors (Lipinski definition) is 4. The van der Waals surface area contributed by atoms with Crippen molar-refractivity contribution in [3.05, 3.63) is 54.1 Å². The molecule has 0 amide bonds. The van der Waals surface area contributed by atoms with Crippen molar-refractivity contribution in [1.29, 1.82) is 0 Å². The smallest absolute Gasteiger partial charge is 0.243 e. The van der Waals surface area contributed by atoms with Gasteiger partial charge in [0.2, 0.25) is 10.0 Å². The summed E-state index contributed by atoms with van der Waals surface area (Å²) in [5.74, 6) is 0.819. The topological polar surface area (TPSA) is 49.9 Å². The third-order valence-electron chi connectivity index (χ3n) is 4.30. The lowest BCUT2D eigenvalue weighted by molar-refractivity contribution is 0.384. The Hall–Kier alpha value is -2.05. The minimum absolute atomic E-state index is 0.375. The molecule has 128 valence electrons. The Balaban J connectivity index is 1.70. The maximum absolute atomic E-state index is 12.8. The molecule has 0 spiro atoms. The van der Waals surface area contributed by atoms with E-state index < -0.39 is 10.0 Å². The average Bonchev–Trinajstić information content (AvgIpc) is 2.62. The molecule has 0 saturated carbocycles. The van der Waals surface area contributed by atoms with E-state index >= 15 is 0 Å². The second-order valence-electron chi connectivity index (χ2n) is 5.91. The van der Waals surface area contributed by atoms with Crippen molar-refractivity contribution in [3.63, 3.8) is 0 Å². The Morgan fingerprint density at radius 1 is 0.958 bits per heavy atom. The molecule has 6 heteroatoms. The molecule has 1 saturated heterocycles. The minimum atomic E-state index is -3.41. The van der Waals surface area contributed by atoms with Crippen molar-refractivity contribution in [2.45, 2.75) is 11.8 Å². The molecule has 0 atom stereocenters. The van der Waals surface area contributed by atoms with Crippen molar-refractivity contribution in [2.24, 2.45) is 0 Å². The molecule has 0 N–H and O–H groups in total. The maximum Gasteiger partial charge on any atom is 0.243 e. The highest BCUT2D eigenvalue weighted by molar-refractivity contribution is 7.89. The van der Waals surface area contributed by atoms with E-state index in [4.69, 9.17) is 4.74 Å². The van der Waals surface area contributed by atoms with Crippen molar-refractivity contribution in [3.8, 4) is 5.75 Å². The number of sulfonamides is 1. The summed E-state index contributed by atoms with van der Waals surface area (Å²) in [5, 5.41) is 0. The Morgan fingerprint density at radius 2 is 1.62 bits per heavy atom. The first-order valence-electron chi connectivity index (χ1n) is 7.96. The molecule has 0 radical (unpaired) electrons. The second-order valence-corrected chi connectivity index (χ2v) is 7.84. The third kappa shape index (κ3) is 3.39. The highest BCUT2D eigenvalue weighted by Gasteiger charge is 2.28. The molecule has 0 unspecified atom stereocenters. The van der Waals surface area contributed by atoms with Gasteiger partial charge in [-0.3, -0.25) is 0 Å². The zero-order valence-electron chi connectivity index (χ0n) is 14.0. The molecule has 0 aliphatic carbocycles. The van der Waals surface area contributed by atoms with Crippen molar-refractivity contribution < 1.29 is 13.2 Å². The first kappa shape index (κ1) is 16.8. The lowest BCUT2D eigenvalue weighted by atomic mass is 10.2. The largest absolute Gasteiger partial charge is 0.497 e. The summed E-state index contributed by atoms with van der Waals surface area (Å²) >= 11 is 0. The van der Waals surface area contributed by atoms with Crippen molar-refractivity contribution >= 4 is 15.7 Å². The zero-order chi connectivity index (χ0) is 17.2. The quantitative estimate of drug-likeness (QED) is 0.854. The number of anilines is 1. The van der Waals surface area contributed by atoms with Gasteiger partial charge in [0.25, 0.3) is 0 Å². The summed E-state index contributed by atoms with van der Waals surface area (Å²) in [6.07, 6.45) is 0. The molecule has 1 fully saturated rings. The summed E-state index contributed by atoms with van der Waals surface area (Å²) in [6, 6.07) is 14.9. The predicted octanol–water partition coefficient (Wildman–Crippen LogP) is 2.51. The van der Waals surface area contributed by atoms with E-state index in [2.05, 4.69) is 4.90 Å². The molecule has 2 aromatic carbocycles. The Bertz CT molecular complexity index is 795. The third-order valence-corrected chi connectivity index (χ3v) is 6.20. The molecular formula is C18H22N2O3S. The van der Waals surface area contributed by atoms with Crippen LogP contribution < -0.4 is 9.64 Å². The van der Waals surface area contributed by atoms with Gasteiger partial charge in [0.15, 0.2) is 0 Å². The lowest BCUT2D eigenvalue weighted by Crippen LogP contribution is -2.48. The molecule has 1 aliphatic rings. The fourth-order valence-corrected chi connectivity index (χ4v) is 4.43. The number of hydrogen-bond donors (Lipinski definition) is 0. The standard InChI is InChI=1S/C18H22N2O3S/c1-15-4-3-5-18(14-15)24(21,22)20-12-10-19(11-13-20)16-6-8-17(23-2)9-7-16/h3-9,14H,10-13H2,1-2H3. The van der Waals surface area contributed by atoms with E-state index in [0.29, 0.717) is 31.1 Å². The van der Waals surface area contributed by atoms with Gasteiger partial charge in [-0.2, -0.15) is 4.31 Å². The van der Waals surface area contributed by atoms with Gasteiger partial charge in [0.1, 0.15) is 5.75 Å². The summed E-state index contributed by atoms with van der Waals surface area (Å²) < 4.78 is 32.3. The van der Waals surface area contributed by atoms with Crippen LogP contribution >= 0.6 is 0 Å². The highest BCUT2D eigenvalue weighted by atomic mass is 32.2. The fraction of sp³-hybridized carbons (Fsp3) is 0.333. The van der Waals surface area contributed by atoms with E-state index in [9.17, 15) is 8.42 Å². The normalized spacial score (nSPS) is 16.2. The SMILES string of the molecule is COc1ccc(N2CCN(S(=O)(=O)c3cccc(C)c3)CC2)cc1. The van der Waals surface area contributed by atoms with Gasteiger partial charge in [0.05, 0.1) is 12.0 Å². The van der Waals surface area contributed by atoms with Crippen LogP contribution in [0.5, 0.6) is 5.75 Å². The van der Waals surface area contributed by atoms with E-state index in [0.717, 1.165) is 17.0 Å². The first-order valence-corrected chi connectivity index (χ1v) is 9.40.